The number of hydrogen-bond donors (Lipinski definition) is 1. The summed E-state index contributed by atoms with van der Waals surface area (Å²) >= 11 is 0. The molecule has 3 aromatic carbocycles. The van der Waals surface area contributed by atoms with Gasteiger partial charge in [-0.2, -0.15) is 0 Å². The Kier molecular flexibility index (Phi) is 7.43. The Labute approximate surface area is 196 Å². The van der Waals surface area contributed by atoms with E-state index in [9.17, 15) is 13.2 Å². The molecule has 0 aliphatic rings. The summed E-state index contributed by atoms with van der Waals surface area (Å²) < 4.78 is 33.1. The second kappa shape index (κ2) is 10.1. The molecule has 1 amide bonds. The molecule has 174 valence electrons. The molecule has 33 heavy (non-hydrogen) atoms. The number of anilines is 2. The maximum Gasteiger partial charge on any atom is 0.264 e. The predicted octanol–water partition coefficient (Wildman–Crippen LogP) is 5.15. The second-order valence-corrected chi connectivity index (χ2v) is 9.95. The zero-order chi connectivity index (χ0) is 24.2. The van der Waals surface area contributed by atoms with Crippen LogP contribution in [-0.4, -0.2) is 27.5 Å². The summed E-state index contributed by atoms with van der Waals surface area (Å²) in [6, 6.07) is 17.5. The van der Waals surface area contributed by atoms with Crippen LogP contribution in [-0.2, 0) is 14.8 Å². The molecule has 0 heterocycles. The van der Waals surface area contributed by atoms with Crippen molar-refractivity contribution in [3.8, 4) is 5.75 Å². The van der Waals surface area contributed by atoms with E-state index < -0.39 is 10.0 Å². The second-order valence-electron chi connectivity index (χ2n) is 8.09. The van der Waals surface area contributed by atoms with Gasteiger partial charge in [0.2, 0.25) is 0 Å². The van der Waals surface area contributed by atoms with Crippen LogP contribution in [0.3, 0.4) is 0 Å². The highest BCUT2D eigenvalue weighted by Gasteiger charge is 2.23. The molecule has 7 heteroatoms. The van der Waals surface area contributed by atoms with Gasteiger partial charge in [-0.15, -0.1) is 0 Å². The van der Waals surface area contributed by atoms with E-state index in [0.29, 0.717) is 11.4 Å². The largest absolute Gasteiger partial charge is 0.484 e. The molecule has 3 rings (SSSR count). The van der Waals surface area contributed by atoms with Gasteiger partial charge >= 0.3 is 0 Å². The quantitative estimate of drug-likeness (QED) is 0.498. The summed E-state index contributed by atoms with van der Waals surface area (Å²) in [5, 5.41) is 2.91. The van der Waals surface area contributed by atoms with Gasteiger partial charge in [0.15, 0.2) is 6.61 Å². The average molecular weight is 467 g/mol. The molecule has 0 aliphatic carbocycles. The molecule has 0 fully saturated rings. The van der Waals surface area contributed by atoms with Crippen LogP contribution in [0.15, 0.2) is 65.6 Å². The van der Waals surface area contributed by atoms with Crippen LogP contribution < -0.4 is 14.4 Å². The first-order valence-electron chi connectivity index (χ1n) is 10.8. The van der Waals surface area contributed by atoms with Crippen LogP contribution in [0.25, 0.3) is 0 Å². The number of carbonyl (C=O) groups is 1. The number of nitrogens with zero attached hydrogens (tertiary/aromatic N) is 1. The highest BCUT2D eigenvalue weighted by molar-refractivity contribution is 7.92. The summed E-state index contributed by atoms with van der Waals surface area (Å²) in [5.41, 5.74) is 5.46. The Hall–Kier alpha value is -3.32. The van der Waals surface area contributed by atoms with Gasteiger partial charge in [-0.3, -0.25) is 9.10 Å². The van der Waals surface area contributed by atoms with Crippen molar-refractivity contribution in [3.05, 3.63) is 82.9 Å². The minimum atomic E-state index is -3.68. The van der Waals surface area contributed by atoms with Crippen LogP contribution in [0.5, 0.6) is 5.75 Å². The van der Waals surface area contributed by atoms with Gasteiger partial charge in [-0.25, -0.2) is 8.42 Å². The first-order valence-corrected chi connectivity index (χ1v) is 12.3. The molecule has 0 saturated heterocycles. The molecule has 0 bridgehead atoms. The van der Waals surface area contributed by atoms with Crippen LogP contribution >= 0.6 is 0 Å². The fourth-order valence-corrected chi connectivity index (χ4v) is 5.21. The first kappa shape index (κ1) is 24.3. The van der Waals surface area contributed by atoms with Crippen molar-refractivity contribution in [2.45, 2.75) is 39.5 Å². The lowest BCUT2D eigenvalue weighted by Crippen LogP contribution is -2.30. The molecule has 0 aliphatic heterocycles. The molecular formula is C26H30N2O4S. The minimum absolute atomic E-state index is 0.148. The SMILES string of the molecule is CCN(c1ccc(OCC(=O)Nc2c(C)cc(C)cc2C)cc1)S(=O)(=O)c1ccc(C)cc1. The summed E-state index contributed by atoms with van der Waals surface area (Å²) in [6.07, 6.45) is 0. The van der Waals surface area contributed by atoms with Gasteiger partial charge in [-0.05, 0) is 82.1 Å². The van der Waals surface area contributed by atoms with E-state index >= 15 is 0 Å². The van der Waals surface area contributed by atoms with E-state index in [1.165, 1.54) is 4.31 Å². The Bertz CT molecular complexity index is 1210. The van der Waals surface area contributed by atoms with E-state index in [2.05, 4.69) is 5.32 Å². The summed E-state index contributed by atoms with van der Waals surface area (Å²) in [6.45, 7) is 9.77. The van der Waals surface area contributed by atoms with Gasteiger partial charge in [-0.1, -0.05) is 35.4 Å². The van der Waals surface area contributed by atoms with Crippen molar-refractivity contribution < 1.29 is 17.9 Å². The molecular weight excluding hydrogens is 436 g/mol. The fourth-order valence-electron chi connectivity index (χ4n) is 3.74. The van der Waals surface area contributed by atoms with Gasteiger partial charge in [0.05, 0.1) is 10.6 Å². The van der Waals surface area contributed by atoms with Crippen LogP contribution in [0.4, 0.5) is 11.4 Å². The number of carbonyl (C=O) groups excluding carboxylic acids is 1. The molecule has 0 spiro atoms. The maximum absolute atomic E-state index is 13.1. The molecule has 6 nitrogen and oxygen atoms in total. The van der Waals surface area contributed by atoms with E-state index in [1.807, 2.05) is 39.8 Å². The monoisotopic (exact) mass is 466 g/mol. The predicted molar refractivity (Wildman–Crippen MR) is 133 cm³/mol. The molecule has 3 aromatic rings. The third kappa shape index (κ3) is 5.73. The number of amides is 1. The van der Waals surface area contributed by atoms with Gasteiger partial charge in [0.1, 0.15) is 5.75 Å². The molecule has 0 saturated carbocycles. The van der Waals surface area contributed by atoms with Crippen molar-refractivity contribution >= 4 is 27.3 Å². The Morgan fingerprint density at radius 3 is 2.00 bits per heavy atom. The third-order valence-electron chi connectivity index (χ3n) is 5.33. The van der Waals surface area contributed by atoms with Gasteiger partial charge in [0.25, 0.3) is 15.9 Å². The standard InChI is InChI=1S/C26H30N2O4S/c1-6-28(33(30,31)24-13-7-18(2)8-14-24)22-9-11-23(12-10-22)32-17-25(29)27-26-20(4)15-19(3)16-21(26)5/h7-16H,6,17H2,1-5H3,(H,27,29). The molecule has 1 N–H and O–H groups in total. The number of benzene rings is 3. The van der Waals surface area contributed by atoms with Crippen LogP contribution in [0.1, 0.15) is 29.2 Å². The van der Waals surface area contributed by atoms with E-state index in [1.54, 1.807) is 55.5 Å². The lowest BCUT2D eigenvalue weighted by Gasteiger charge is -2.23. The highest BCUT2D eigenvalue weighted by Crippen LogP contribution is 2.26. The lowest BCUT2D eigenvalue weighted by atomic mass is 10.1. The molecule has 0 radical (unpaired) electrons. The number of sulfonamides is 1. The number of rotatable bonds is 8. The smallest absolute Gasteiger partial charge is 0.264 e. The summed E-state index contributed by atoms with van der Waals surface area (Å²) in [4.78, 5) is 12.6. The average Bonchev–Trinajstić information content (AvgIpc) is 2.76. The highest BCUT2D eigenvalue weighted by atomic mass is 32.2. The van der Waals surface area contributed by atoms with Crippen LogP contribution in [0, 0.1) is 27.7 Å². The Morgan fingerprint density at radius 2 is 1.45 bits per heavy atom. The van der Waals surface area contributed by atoms with E-state index in [0.717, 1.165) is 27.9 Å². The van der Waals surface area contributed by atoms with Crippen LogP contribution in [0.2, 0.25) is 0 Å². The zero-order valence-corrected chi connectivity index (χ0v) is 20.5. The maximum atomic E-state index is 13.1. The van der Waals surface area contributed by atoms with Crippen molar-refractivity contribution in [1.29, 1.82) is 0 Å². The third-order valence-corrected chi connectivity index (χ3v) is 7.25. The van der Waals surface area contributed by atoms with Crippen molar-refractivity contribution in [1.82, 2.24) is 0 Å². The number of hydrogen-bond acceptors (Lipinski definition) is 4. The normalized spacial score (nSPS) is 11.2. The van der Waals surface area contributed by atoms with Crippen molar-refractivity contribution in [2.75, 3.05) is 22.8 Å². The summed E-state index contributed by atoms with van der Waals surface area (Å²) in [7, 11) is -3.68. The topological polar surface area (TPSA) is 75.7 Å². The van der Waals surface area contributed by atoms with Gasteiger partial charge < -0.3 is 10.1 Å². The number of aryl methyl sites for hydroxylation is 4. The number of ether oxygens (including phenoxy) is 1. The zero-order valence-electron chi connectivity index (χ0n) is 19.7. The van der Waals surface area contributed by atoms with Crippen molar-refractivity contribution in [2.24, 2.45) is 0 Å². The fraction of sp³-hybridized carbons (Fsp3) is 0.269. The Balaban J connectivity index is 1.67. The Morgan fingerprint density at radius 1 is 0.879 bits per heavy atom. The lowest BCUT2D eigenvalue weighted by molar-refractivity contribution is -0.118. The first-order chi connectivity index (χ1) is 15.6. The number of nitrogens with one attached hydrogen (secondary N) is 1. The van der Waals surface area contributed by atoms with E-state index in [4.69, 9.17) is 4.74 Å². The van der Waals surface area contributed by atoms with Gasteiger partial charge in [0, 0.05) is 12.2 Å². The summed E-state index contributed by atoms with van der Waals surface area (Å²) in [5.74, 6) is 0.223. The minimum Gasteiger partial charge on any atom is -0.484 e. The molecule has 0 unspecified atom stereocenters. The molecule has 0 aromatic heterocycles. The van der Waals surface area contributed by atoms with Crippen molar-refractivity contribution in [3.63, 3.8) is 0 Å². The molecule has 0 atom stereocenters. The van der Waals surface area contributed by atoms with E-state index in [-0.39, 0.29) is 24.0 Å².